The molecule has 1 rings (SSSR count). The fourth-order valence-electron chi connectivity index (χ4n) is 2.56. The summed E-state index contributed by atoms with van der Waals surface area (Å²) in [6.45, 7) is 6.85. The van der Waals surface area contributed by atoms with Crippen molar-refractivity contribution < 1.29 is 9.84 Å². The number of aliphatic hydroxyl groups excluding tert-OH is 1. The van der Waals surface area contributed by atoms with Crippen LogP contribution in [0, 0.1) is 11.8 Å². The molecule has 16 heavy (non-hydrogen) atoms. The van der Waals surface area contributed by atoms with Gasteiger partial charge in [-0.25, -0.2) is 0 Å². The molecule has 0 radical (unpaired) electrons. The first-order chi connectivity index (χ1) is 7.72. The highest BCUT2D eigenvalue weighted by Crippen LogP contribution is 2.38. The molecule has 0 aromatic carbocycles. The average Bonchev–Trinajstić information content (AvgIpc) is 2.70. The summed E-state index contributed by atoms with van der Waals surface area (Å²) in [6, 6.07) is 0. The lowest BCUT2D eigenvalue weighted by Gasteiger charge is -2.18. The Morgan fingerprint density at radius 3 is 2.50 bits per heavy atom. The van der Waals surface area contributed by atoms with Crippen LogP contribution in [0.3, 0.4) is 0 Å². The second kappa shape index (κ2) is 6.74. The first-order valence-electron chi connectivity index (χ1n) is 6.29. The van der Waals surface area contributed by atoms with E-state index in [1.165, 1.54) is 24.8 Å². The van der Waals surface area contributed by atoms with Gasteiger partial charge in [-0.15, -0.1) is 0 Å². The molecule has 2 heteroatoms. The maximum atomic E-state index is 8.80. The first kappa shape index (κ1) is 13.3. The van der Waals surface area contributed by atoms with Crippen molar-refractivity contribution in [3.05, 3.63) is 23.5 Å². The van der Waals surface area contributed by atoms with Gasteiger partial charge in [-0.3, -0.25) is 0 Å². The molecule has 0 aromatic rings. The minimum atomic E-state index is 0.0788. The van der Waals surface area contributed by atoms with Crippen LogP contribution in [0.25, 0.3) is 0 Å². The van der Waals surface area contributed by atoms with Crippen LogP contribution in [0.15, 0.2) is 23.5 Å². The van der Waals surface area contributed by atoms with Gasteiger partial charge in [-0.2, -0.15) is 0 Å². The molecule has 92 valence electrons. The predicted molar refractivity (Wildman–Crippen MR) is 67.1 cm³/mol. The van der Waals surface area contributed by atoms with Crippen molar-refractivity contribution in [3.8, 4) is 0 Å². The third kappa shape index (κ3) is 3.38. The number of allylic oxidation sites excluding steroid dienone is 3. The molecule has 1 fully saturated rings. The summed E-state index contributed by atoms with van der Waals surface area (Å²) in [7, 11) is 0. The number of ether oxygens (including phenoxy) is 1. The van der Waals surface area contributed by atoms with Gasteiger partial charge >= 0.3 is 0 Å². The second-order valence-corrected chi connectivity index (χ2v) is 4.58. The van der Waals surface area contributed by atoms with Crippen LogP contribution >= 0.6 is 0 Å². The van der Waals surface area contributed by atoms with Crippen LogP contribution in [0.2, 0.25) is 0 Å². The SMILES string of the molecule is CC=C(OCCO)C(=CC)C1CCC(C)C1. The lowest BCUT2D eigenvalue weighted by atomic mass is 9.94. The summed E-state index contributed by atoms with van der Waals surface area (Å²) in [5, 5.41) is 8.80. The van der Waals surface area contributed by atoms with E-state index < -0.39 is 0 Å². The van der Waals surface area contributed by atoms with Crippen LogP contribution in [0.5, 0.6) is 0 Å². The summed E-state index contributed by atoms with van der Waals surface area (Å²) >= 11 is 0. The minimum Gasteiger partial charge on any atom is -0.491 e. The van der Waals surface area contributed by atoms with Crippen LogP contribution in [-0.4, -0.2) is 18.3 Å². The fourth-order valence-corrected chi connectivity index (χ4v) is 2.56. The van der Waals surface area contributed by atoms with Crippen molar-refractivity contribution in [2.45, 2.75) is 40.0 Å². The lowest BCUT2D eigenvalue weighted by molar-refractivity contribution is 0.146. The Kier molecular flexibility index (Phi) is 5.61. The number of rotatable bonds is 5. The smallest absolute Gasteiger partial charge is 0.118 e. The van der Waals surface area contributed by atoms with Crippen LogP contribution < -0.4 is 0 Å². The molecule has 0 bridgehead atoms. The van der Waals surface area contributed by atoms with Crippen LogP contribution in [0.1, 0.15) is 40.0 Å². The van der Waals surface area contributed by atoms with Crippen molar-refractivity contribution in [3.63, 3.8) is 0 Å². The number of hydrogen-bond acceptors (Lipinski definition) is 2. The van der Waals surface area contributed by atoms with E-state index in [9.17, 15) is 0 Å². The summed E-state index contributed by atoms with van der Waals surface area (Å²) in [6.07, 6.45) is 8.02. The van der Waals surface area contributed by atoms with Gasteiger partial charge in [-0.05, 0) is 50.2 Å². The van der Waals surface area contributed by atoms with E-state index in [-0.39, 0.29) is 6.61 Å². The lowest BCUT2D eigenvalue weighted by Crippen LogP contribution is -2.08. The summed E-state index contributed by atoms with van der Waals surface area (Å²) in [5.41, 5.74) is 1.32. The molecule has 2 unspecified atom stereocenters. The van der Waals surface area contributed by atoms with Crippen molar-refractivity contribution >= 4 is 0 Å². The van der Waals surface area contributed by atoms with E-state index in [4.69, 9.17) is 9.84 Å². The highest BCUT2D eigenvalue weighted by molar-refractivity contribution is 5.28. The van der Waals surface area contributed by atoms with E-state index >= 15 is 0 Å². The van der Waals surface area contributed by atoms with Gasteiger partial charge in [-0.1, -0.05) is 19.4 Å². The van der Waals surface area contributed by atoms with Gasteiger partial charge in [0.1, 0.15) is 12.4 Å². The molecule has 0 aliphatic heterocycles. The molecule has 1 saturated carbocycles. The molecule has 2 nitrogen and oxygen atoms in total. The van der Waals surface area contributed by atoms with Crippen LogP contribution in [-0.2, 0) is 4.74 Å². The van der Waals surface area contributed by atoms with E-state index in [0.717, 1.165) is 11.7 Å². The molecule has 0 heterocycles. The Morgan fingerprint density at radius 1 is 1.31 bits per heavy atom. The molecule has 0 spiro atoms. The maximum absolute atomic E-state index is 8.80. The molecule has 0 aromatic heterocycles. The molecule has 1 aliphatic rings. The van der Waals surface area contributed by atoms with Crippen molar-refractivity contribution in [2.75, 3.05) is 13.2 Å². The monoisotopic (exact) mass is 224 g/mol. The first-order valence-corrected chi connectivity index (χ1v) is 6.29. The minimum absolute atomic E-state index is 0.0788. The Morgan fingerprint density at radius 2 is 2.06 bits per heavy atom. The number of hydrogen-bond donors (Lipinski definition) is 1. The number of aliphatic hydroxyl groups is 1. The van der Waals surface area contributed by atoms with Crippen molar-refractivity contribution in [2.24, 2.45) is 11.8 Å². The Hall–Kier alpha value is -0.760. The van der Waals surface area contributed by atoms with E-state index in [2.05, 4.69) is 19.9 Å². The summed E-state index contributed by atoms with van der Waals surface area (Å²) in [4.78, 5) is 0. The topological polar surface area (TPSA) is 29.5 Å². The van der Waals surface area contributed by atoms with Crippen molar-refractivity contribution in [1.29, 1.82) is 0 Å². The molecule has 1 aliphatic carbocycles. The predicted octanol–water partition coefficient (Wildman–Crippen LogP) is 3.28. The Labute approximate surface area is 99.0 Å². The van der Waals surface area contributed by atoms with Gasteiger partial charge < -0.3 is 9.84 Å². The molecular formula is C14H24O2. The van der Waals surface area contributed by atoms with Gasteiger partial charge in [0.15, 0.2) is 0 Å². The van der Waals surface area contributed by atoms with Crippen LogP contribution in [0.4, 0.5) is 0 Å². The summed E-state index contributed by atoms with van der Waals surface area (Å²) in [5.74, 6) is 2.43. The molecule has 2 atom stereocenters. The van der Waals surface area contributed by atoms with E-state index in [1.807, 2.05) is 13.0 Å². The Bertz CT molecular complexity index is 266. The maximum Gasteiger partial charge on any atom is 0.118 e. The second-order valence-electron chi connectivity index (χ2n) is 4.58. The average molecular weight is 224 g/mol. The normalized spacial score (nSPS) is 27.2. The summed E-state index contributed by atoms with van der Waals surface area (Å²) < 4.78 is 5.58. The van der Waals surface area contributed by atoms with E-state index in [1.54, 1.807) is 0 Å². The Balaban J connectivity index is 2.66. The van der Waals surface area contributed by atoms with Crippen molar-refractivity contribution in [1.82, 2.24) is 0 Å². The van der Waals surface area contributed by atoms with Gasteiger partial charge in [0.2, 0.25) is 0 Å². The van der Waals surface area contributed by atoms with Gasteiger partial charge in [0.05, 0.1) is 6.61 Å². The highest BCUT2D eigenvalue weighted by Gasteiger charge is 2.26. The zero-order chi connectivity index (χ0) is 12.0. The zero-order valence-electron chi connectivity index (χ0n) is 10.7. The third-order valence-electron chi connectivity index (χ3n) is 3.34. The quantitative estimate of drug-likeness (QED) is 0.573. The molecule has 0 amide bonds. The van der Waals surface area contributed by atoms with Gasteiger partial charge in [0, 0.05) is 0 Å². The fraction of sp³-hybridized carbons (Fsp3) is 0.714. The van der Waals surface area contributed by atoms with Gasteiger partial charge in [0.25, 0.3) is 0 Å². The third-order valence-corrected chi connectivity index (χ3v) is 3.34. The van der Waals surface area contributed by atoms with E-state index in [0.29, 0.717) is 12.5 Å². The molecule has 1 N–H and O–H groups in total. The standard InChI is InChI=1S/C14H24O2/c1-4-13(12-7-6-11(3)10-12)14(5-2)16-9-8-15/h4-5,11-12,15H,6-10H2,1-3H3. The highest BCUT2D eigenvalue weighted by atomic mass is 16.5. The zero-order valence-corrected chi connectivity index (χ0v) is 10.7. The largest absolute Gasteiger partial charge is 0.491 e. The molecular weight excluding hydrogens is 200 g/mol. The molecule has 0 saturated heterocycles.